The Morgan fingerprint density at radius 1 is 1.21 bits per heavy atom. The minimum Gasteiger partial charge on any atom is -0.495 e. The zero-order valence-corrected chi connectivity index (χ0v) is 15.9. The first-order chi connectivity index (χ1) is 14.2. The van der Waals surface area contributed by atoms with Gasteiger partial charge in [-0.25, -0.2) is 9.37 Å². The Morgan fingerprint density at radius 3 is 2.90 bits per heavy atom. The van der Waals surface area contributed by atoms with E-state index in [2.05, 4.69) is 25.4 Å². The Morgan fingerprint density at radius 2 is 2.07 bits per heavy atom. The Balaban J connectivity index is 1.54. The molecule has 2 aromatic heterocycles. The second-order valence-corrected chi connectivity index (χ2v) is 6.86. The molecule has 0 radical (unpaired) electrons. The number of H-pyrrole nitrogens is 1. The maximum Gasteiger partial charge on any atom is 0.157 e. The van der Waals surface area contributed by atoms with E-state index in [4.69, 9.17) is 9.47 Å². The van der Waals surface area contributed by atoms with Gasteiger partial charge in [-0.3, -0.25) is 5.10 Å². The van der Waals surface area contributed by atoms with E-state index in [0.717, 1.165) is 30.2 Å². The first-order valence-electron chi connectivity index (χ1n) is 9.43. The lowest BCUT2D eigenvalue weighted by Crippen LogP contribution is -2.36. The number of pyridine rings is 1. The molecule has 148 valence electrons. The van der Waals surface area contributed by atoms with Crippen LogP contribution in [0.2, 0.25) is 0 Å². The summed E-state index contributed by atoms with van der Waals surface area (Å²) in [7, 11) is 1.66. The van der Waals surface area contributed by atoms with E-state index < -0.39 is 0 Å². The molecule has 7 nitrogen and oxygen atoms in total. The number of hydrogen-bond acceptors (Lipinski definition) is 6. The molecule has 1 saturated heterocycles. The van der Waals surface area contributed by atoms with Gasteiger partial charge in [0.2, 0.25) is 0 Å². The molecular formula is C21H20FN5O2. The average Bonchev–Trinajstić information content (AvgIpc) is 3.24. The molecule has 0 unspecified atom stereocenters. The van der Waals surface area contributed by atoms with Crippen LogP contribution in [-0.2, 0) is 4.74 Å². The SMILES string of the molecule is COc1cc(Nc2nc3cccc(F)c3c3cn[nH]c23)ccc1N1CCOCC1. The first-order valence-corrected chi connectivity index (χ1v) is 9.43. The normalized spacial score (nSPS) is 14.5. The third kappa shape index (κ3) is 3.11. The van der Waals surface area contributed by atoms with Crippen LogP contribution in [0.4, 0.5) is 21.6 Å². The predicted molar refractivity (Wildman–Crippen MR) is 111 cm³/mol. The molecule has 29 heavy (non-hydrogen) atoms. The summed E-state index contributed by atoms with van der Waals surface area (Å²) in [4.78, 5) is 6.86. The van der Waals surface area contributed by atoms with E-state index >= 15 is 0 Å². The van der Waals surface area contributed by atoms with Gasteiger partial charge in [-0.15, -0.1) is 0 Å². The summed E-state index contributed by atoms with van der Waals surface area (Å²) in [6.45, 7) is 3.07. The third-order valence-electron chi connectivity index (χ3n) is 5.16. The number of nitrogens with zero attached hydrogens (tertiary/aromatic N) is 3. The predicted octanol–water partition coefficient (Wildman–Crippen LogP) is 3.84. The van der Waals surface area contributed by atoms with Gasteiger partial charge >= 0.3 is 0 Å². The van der Waals surface area contributed by atoms with Crippen molar-refractivity contribution in [3.05, 3.63) is 48.4 Å². The third-order valence-corrected chi connectivity index (χ3v) is 5.16. The molecule has 0 bridgehead atoms. The van der Waals surface area contributed by atoms with E-state index in [9.17, 15) is 4.39 Å². The van der Waals surface area contributed by atoms with Gasteiger partial charge in [0.25, 0.3) is 0 Å². The number of morpholine rings is 1. The standard InChI is InChI=1S/C21H20FN5O2/c1-28-18-11-13(5-6-17(18)27-7-9-29-10-8-27)24-21-20-14(12-23-26-20)19-15(22)3-2-4-16(19)25-21/h2-6,11-12H,7-10H2,1H3,(H,23,26)(H,24,25). The lowest BCUT2D eigenvalue weighted by molar-refractivity contribution is 0.122. The minimum atomic E-state index is -0.315. The molecule has 1 aliphatic rings. The monoisotopic (exact) mass is 393 g/mol. The molecule has 8 heteroatoms. The number of benzene rings is 2. The highest BCUT2D eigenvalue weighted by Crippen LogP contribution is 2.35. The van der Waals surface area contributed by atoms with E-state index in [1.54, 1.807) is 25.4 Å². The van der Waals surface area contributed by atoms with Crippen molar-refractivity contribution >= 4 is 39.0 Å². The zero-order chi connectivity index (χ0) is 19.8. The van der Waals surface area contributed by atoms with Crippen LogP contribution in [0.3, 0.4) is 0 Å². The summed E-state index contributed by atoms with van der Waals surface area (Å²) in [6, 6.07) is 10.8. The summed E-state index contributed by atoms with van der Waals surface area (Å²) < 4.78 is 25.4. The second kappa shape index (κ2) is 7.21. The summed E-state index contributed by atoms with van der Waals surface area (Å²) >= 11 is 0. The molecule has 0 spiro atoms. The number of aromatic amines is 1. The van der Waals surface area contributed by atoms with Gasteiger partial charge in [-0.2, -0.15) is 5.10 Å². The van der Waals surface area contributed by atoms with E-state index in [1.165, 1.54) is 6.07 Å². The van der Waals surface area contributed by atoms with Gasteiger partial charge in [0.1, 0.15) is 17.1 Å². The van der Waals surface area contributed by atoms with Crippen LogP contribution in [0.5, 0.6) is 5.75 Å². The smallest absolute Gasteiger partial charge is 0.157 e. The van der Waals surface area contributed by atoms with Crippen molar-refractivity contribution in [2.24, 2.45) is 0 Å². The molecule has 2 N–H and O–H groups in total. The molecule has 1 fully saturated rings. The summed E-state index contributed by atoms with van der Waals surface area (Å²) in [5.41, 5.74) is 3.07. The molecule has 0 aliphatic carbocycles. The number of halogens is 1. The van der Waals surface area contributed by atoms with E-state index in [-0.39, 0.29) is 5.82 Å². The molecule has 2 aromatic carbocycles. The van der Waals surface area contributed by atoms with Crippen molar-refractivity contribution in [1.29, 1.82) is 0 Å². The highest BCUT2D eigenvalue weighted by atomic mass is 19.1. The van der Waals surface area contributed by atoms with Crippen molar-refractivity contribution in [2.45, 2.75) is 0 Å². The van der Waals surface area contributed by atoms with Crippen LogP contribution in [-0.4, -0.2) is 48.6 Å². The van der Waals surface area contributed by atoms with Crippen LogP contribution in [0, 0.1) is 5.82 Å². The van der Waals surface area contributed by atoms with Gasteiger partial charge in [0, 0.05) is 35.6 Å². The topological polar surface area (TPSA) is 75.3 Å². The number of nitrogens with one attached hydrogen (secondary N) is 2. The summed E-state index contributed by atoms with van der Waals surface area (Å²) in [5, 5.41) is 11.5. The van der Waals surface area contributed by atoms with Crippen molar-refractivity contribution < 1.29 is 13.9 Å². The molecule has 0 amide bonds. The molecule has 5 rings (SSSR count). The second-order valence-electron chi connectivity index (χ2n) is 6.86. The average molecular weight is 393 g/mol. The van der Waals surface area contributed by atoms with Crippen LogP contribution >= 0.6 is 0 Å². The fourth-order valence-electron chi connectivity index (χ4n) is 3.75. The largest absolute Gasteiger partial charge is 0.495 e. The minimum absolute atomic E-state index is 0.315. The molecule has 0 atom stereocenters. The summed E-state index contributed by atoms with van der Waals surface area (Å²) in [5.74, 6) is 1.03. The Kier molecular flexibility index (Phi) is 4.40. The van der Waals surface area contributed by atoms with Crippen LogP contribution in [0.15, 0.2) is 42.6 Å². The number of rotatable bonds is 4. The van der Waals surface area contributed by atoms with Crippen molar-refractivity contribution in [2.75, 3.05) is 43.6 Å². The van der Waals surface area contributed by atoms with Gasteiger partial charge in [0.05, 0.1) is 37.7 Å². The van der Waals surface area contributed by atoms with Crippen molar-refractivity contribution in [3.63, 3.8) is 0 Å². The lowest BCUT2D eigenvalue weighted by atomic mass is 10.1. The zero-order valence-electron chi connectivity index (χ0n) is 15.9. The highest BCUT2D eigenvalue weighted by Gasteiger charge is 2.17. The van der Waals surface area contributed by atoms with Crippen LogP contribution in [0.1, 0.15) is 0 Å². The fraction of sp³-hybridized carbons (Fsp3) is 0.238. The fourth-order valence-corrected chi connectivity index (χ4v) is 3.75. The Labute approximate surface area is 166 Å². The molecule has 4 aromatic rings. The quantitative estimate of drug-likeness (QED) is 0.549. The Hall–Kier alpha value is -3.39. The number of anilines is 3. The van der Waals surface area contributed by atoms with Crippen LogP contribution < -0.4 is 15.0 Å². The number of hydrogen-bond donors (Lipinski definition) is 2. The Bertz CT molecular complexity index is 1190. The maximum atomic E-state index is 14.3. The highest BCUT2D eigenvalue weighted by molar-refractivity contribution is 6.08. The van der Waals surface area contributed by atoms with Gasteiger partial charge in [0.15, 0.2) is 5.82 Å². The van der Waals surface area contributed by atoms with Crippen LogP contribution in [0.25, 0.3) is 21.8 Å². The summed E-state index contributed by atoms with van der Waals surface area (Å²) in [6.07, 6.45) is 1.62. The van der Waals surface area contributed by atoms with E-state index in [1.807, 2.05) is 18.2 Å². The van der Waals surface area contributed by atoms with Gasteiger partial charge in [-0.05, 0) is 24.3 Å². The number of methoxy groups -OCH3 is 1. The molecule has 1 aliphatic heterocycles. The molecular weight excluding hydrogens is 373 g/mol. The molecule has 0 saturated carbocycles. The molecule has 3 heterocycles. The first kappa shape index (κ1) is 17.7. The van der Waals surface area contributed by atoms with Gasteiger partial charge in [-0.1, -0.05) is 6.07 Å². The maximum absolute atomic E-state index is 14.3. The van der Waals surface area contributed by atoms with Gasteiger partial charge < -0.3 is 19.7 Å². The van der Waals surface area contributed by atoms with Crippen molar-refractivity contribution in [3.8, 4) is 5.75 Å². The lowest BCUT2D eigenvalue weighted by Gasteiger charge is -2.30. The number of aromatic nitrogens is 3. The number of fused-ring (bicyclic) bond motifs is 3. The van der Waals surface area contributed by atoms with E-state index in [0.29, 0.717) is 40.8 Å². The number of ether oxygens (including phenoxy) is 2. The van der Waals surface area contributed by atoms with Crippen molar-refractivity contribution in [1.82, 2.24) is 15.2 Å².